The molecule has 1 nitrogen and oxygen atoms in total. The van der Waals surface area contributed by atoms with E-state index in [-0.39, 0.29) is 0 Å². The van der Waals surface area contributed by atoms with Crippen molar-refractivity contribution < 1.29 is 0 Å². The topological polar surface area (TPSA) is 12.4 Å². The van der Waals surface area contributed by atoms with Gasteiger partial charge < -0.3 is 0 Å². The third-order valence-electron chi connectivity index (χ3n) is 4.51. The van der Waals surface area contributed by atoms with E-state index in [1.165, 1.54) is 48.8 Å². The number of rotatable bonds is 3. The SMILES string of the molecule is CN=Cc1ccc(-c2ccc(C3CCCCC3)cc2)cc1. The summed E-state index contributed by atoms with van der Waals surface area (Å²) in [6.45, 7) is 0. The van der Waals surface area contributed by atoms with Gasteiger partial charge in [0.15, 0.2) is 0 Å². The van der Waals surface area contributed by atoms with Crippen molar-refractivity contribution in [1.82, 2.24) is 0 Å². The Bertz CT molecular complexity index is 587. The molecule has 0 saturated heterocycles. The van der Waals surface area contributed by atoms with Crippen LogP contribution < -0.4 is 0 Å². The molecule has 0 bridgehead atoms. The van der Waals surface area contributed by atoms with Crippen molar-refractivity contribution in [2.24, 2.45) is 4.99 Å². The molecule has 2 aromatic carbocycles. The average molecular weight is 277 g/mol. The van der Waals surface area contributed by atoms with E-state index in [0.717, 1.165) is 11.5 Å². The Hall–Kier alpha value is -1.89. The summed E-state index contributed by atoms with van der Waals surface area (Å²) < 4.78 is 0. The van der Waals surface area contributed by atoms with Crippen molar-refractivity contribution in [3.8, 4) is 11.1 Å². The first kappa shape index (κ1) is 14.1. The van der Waals surface area contributed by atoms with Gasteiger partial charge in [-0.1, -0.05) is 67.8 Å². The van der Waals surface area contributed by atoms with Crippen molar-refractivity contribution in [3.05, 3.63) is 59.7 Å². The molecule has 0 N–H and O–H groups in total. The molecule has 3 rings (SSSR count). The van der Waals surface area contributed by atoms with Gasteiger partial charge in [-0.25, -0.2) is 0 Å². The van der Waals surface area contributed by atoms with Crippen LogP contribution in [-0.4, -0.2) is 13.3 Å². The highest BCUT2D eigenvalue weighted by Gasteiger charge is 2.15. The molecule has 0 heterocycles. The molecule has 0 unspecified atom stereocenters. The second-order valence-corrected chi connectivity index (χ2v) is 5.97. The van der Waals surface area contributed by atoms with Gasteiger partial charge in [0.1, 0.15) is 0 Å². The molecule has 0 spiro atoms. The average Bonchev–Trinajstić information content (AvgIpc) is 2.57. The fourth-order valence-corrected chi connectivity index (χ4v) is 3.29. The summed E-state index contributed by atoms with van der Waals surface area (Å²) in [6.07, 6.45) is 8.83. The van der Waals surface area contributed by atoms with Gasteiger partial charge in [-0.05, 0) is 41.0 Å². The lowest BCUT2D eigenvalue weighted by Gasteiger charge is -2.22. The molecular weight excluding hydrogens is 254 g/mol. The highest BCUT2D eigenvalue weighted by molar-refractivity contribution is 5.80. The first-order valence-electron chi connectivity index (χ1n) is 7.99. The van der Waals surface area contributed by atoms with Crippen LogP contribution in [0, 0.1) is 0 Å². The maximum atomic E-state index is 4.05. The fraction of sp³-hybridized carbons (Fsp3) is 0.350. The molecular formula is C20H23N. The highest BCUT2D eigenvalue weighted by Crippen LogP contribution is 2.33. The van der Waals surface area contributed by atoms with E-state index in [2.05, 4.69) is 53.5 Å². The molecule has 1 heteroatoms. The van der Waals surface area contributed by atoms with E-state index in [0.29, 0.717) is 0 Å². The molecule has 1 aliphatic rings. The van der Waals surface area contributed by atoms with E-state index < -0.39 is 0 Å². The van der Waals surface area contributed by atoms with Crippen LogP contribution in [0.25, 0.3) is 11.1 Å². The summed E-state index contributed by atoms with van der Waals surface area (Å²) in [4.78, 5) is 4.05. The molecule has 0 radical (unpaired) electrons. The van der Waals surface area contributed by atoms with E-state index in [4.69, 9.17) is 0 Å². The summed E-state index contributed by atoms with van der Waals surface area (Å²) in [5, 5.41) is 0. The van der Waals surface area contributed by atoms with Gasteiger partial charge in [0.2, 0.25) is 0 Å². The molecule has 2 aromatic rings. The summed E-state index contributed by atoms with van der Waals surface area (Å²) in [5.41, 5.74) is 5.25. The minimum Gasteiger partial charge on any atom is -0.296 e. The molecule has 1 aliphatic carbocycles. The monoisotopic (exact) mass is 277 g/mol. The maximum absolute atomic E-state index is 4.05. The minimum atomic E-state index is 0.788. The molecule has 21 heavy (non-hydrogen) atoms. The maximum Gasteiger partial charge on any atom is 0.0281 e. The van der Waals surface area contributed by atoms with E-state index >= 15 is 0 Å². The Morgan fingerprint density at radius 1 is 0.810 bits per heavy atom. The standard InChI is InChI=1S/C20H23N/c1-21-15-16-7-9-18(10-8-16)20-13-11-19(12-14-20)17-5-3-2-4-6-17/h7-15,17H,2-6H2,1H3. The normalized spacial score (nSPS) is 16.4. The third kappa shape index (κ3) is 3.41. The van der Waals surface area contributed by atoms with Gasteiger partial charge in [-0.3, -0.25) is 4.99 Å². The zero-order valence-electron chi connectivity index (χ0n) is 12.8. The van der Waals surface area contributed by atoms with Crippen molar-refractivity contribution in [1.29, 1.82) is 0 Å². The summed E-state index contributed by atoms with van der Waals surface area (Å²) in [7, 11) is 1.80. The minimum absolute atomic E-state index is 0.788. The quantitative estimate of drug-likeness (QED) is 0.661. The number of hydrogen-bond acceptors (Lipinski definition) is 1. The highest BCUT2D eigenvalue weighted by atomic mass is 14.6. The summed E-state index contributed by atoms with van der Waals surface area (Å²) in [5.74, 6) is 0.788. The Balaban J connectivity index is 1.76. The van der Waals surface area contributed by atoms with Gasteiger partial charge in [0.25, 0.3) is 0 Å². The molecule has 0 atom stereocenters. The van der Waals surface area contributed by atoms with E-state index in [1.54, 1.807) is 7.05 Å². The summed E-state index contributed by atoms with van der Waals surface area (Å²) >= 11 is 0. The lowest BCUT2D eigenvalue weighted by atomic mass is 9.84. The van der Waals surface area contributed by atoms with Gasteiger partial charge in [-0.15, -0.1) is 0 Å². The number of aliphatic imine (C=N–C) groups is 1. The van der Waals surface area contributed by atoms with Crippen molar-refractivity contribution in [2.45, 2.75) is 38.0 Å². The van der Waals surface area contributed by atoms with Crippen LogP contribution in [0.2, 0.25) is 0 Å². The van der Waals surface area contributed by atoms with Crippen LogP contribution in [0.3, 0.4) is 0 Å². The molecule has 0 amide bonds. The number of hydrogen-bond donors (Lipinski definition) is 0. The predicted molar refractivity (Wildman–Crippen MR) is 91.2 cm³/mol. The Kier molecular flexibility index (Phi) is 4.49. The van der Waals surface area contributed by atoms with Crippen LogP contribution in [0.5, 0.6) is 0 Å². The zero-order valence-corrected chi connectivity index (χ0v) is 12.8. The Labute approximate surface area is 127 Å². The number of nitrogens with zero attached hydrogens (tertiary/aromatic N) is 1. The van der Waals surface area contributed by atoms with Gasteiger partial charge in [-0.2, -0.15) is 0 Å². The largest absolute Gasteiger partial charge is 0.296 e. The fourth-order valence-electron chi connectivity index (χ4n) is 3.29. The molecule has 1 saturated carbocycles. The van der Waals surface area contributed by atoms with Crippen LogP contribution in [-0.2, 0) is 0 Å². The summed E-state index contributed by atoms with van der Waals surface area (Å²) in [6, 6.07) is 17.8. The lowest BCUT2D eigenvalue weighted by molar-refractivity contribution is 0.443. The van der Waals surface area contributed by atoms with E-state index in [9.17, 15) is 0 Å². The molecule has 0 aliphatic heterocycles. The molecule has 1 fully saturated rings. The van der Waals surface area contributed by atoms with Crippen LogP contribution >= 0.6 is 0 Å². The zero-order chi connectivity index (χ0) is 14.5. The lowest BCUT2D eigenvalue weighted by Crippen LogP contribution is -2.04. The van der Waals surface area contributed by atoms with Crippen molar-refractivity contribution >= 4 is 6.21 Å². The van der Waals surface area contributed by atoms with Crippen molar-refractivity contribution in [2.75, 3.05) is 7.05 Å². The van der Waals surface area contributed by atoms with Crippen LogP contribution in [0.15, 0.2) is 53.5 Å². The van der Waals surface area contributed by atoms with Crippen LogP contribution in [0.1, 0.15) is 49.1 Å². The second kappa shape index (κ2) is 6.71. The Morgan fingerprint density at radius 2 is 1.38 bits per heavy atom. The molecule has 0 aromatic heterocycles. The predicted octanol–water partition coefficient (Wildman–Crippen LogP) is 5.45. The Morgan fingerprint density at radius 3 is 1.95 bits per heavy atom. The van der Waals surface area contributed by atoms with Gasteiger partial charge in [0.05, 0.1) is 0 Å². The van der Waals surface area contributed by atoms with Gasteiger partial charge >= 0.3 is 0 Å². The third-order valence-corrected chi connectivity index (χ3v) is 4.51. The molecule has 108 valence electrons. The van der Waals surface area contributed by atoms with Gasteiger partial charge in [0, 0.05) is 13.3 Å². The van der Waals surface area contributed by atoms with Crippen molar-refractivity contribution in [3.63, 3.8) is 0 Å². The number of benzene rings is 2. The van der Waals surface area contributed by atoms with E-state index in [1.807, 2.05) is 6.21 Å². The first-order chi connectivity index (χ1) is 10.4. The van der Waals surface area contributed by atoms with Crippen LogP contribution in [0.4, 0.5) is 0 Å². The smallest absolute Gasteiger partial charge is 0.0281 e. The second-order valence-electron chi connectivity index (χ2n) is 5.97. The first-order valence-corrected chi connectivity index (χ1v) is 7.99.